The van der Waals surface area contributed by atoms with Crippen LogP contribution in [0.15, 0.2) is 101 Å². The van der Waals surface area contributed by atoms with Crippen molar-refractivity contribution in [3.8, 4) is 28.4 Å². The number of amides is 1. The van der Waals surface area contributed by atoms with Crippen LogP contribution in [0.3, 0.4) is 0 Å². The number of carbonyl (C=O) groups excluding carboxylic acids is 1. The second kappa shape index (κ2) is 17.1. The first-order valence-corrected chi connectivity index (χ1v) is 23.8. The van der Waals surface area contributed by atoms with Gasteiger partial charge in [0.15, 0.2) is 9.84 Å². The average Bonchev–Trinajstić information content (AvgIpc) is 3.75. The van der Waals surface area contributed by atoms with Crippen LogP contribution in [-0.4, -0.2) is 65.3 Å². The first-order chi connectivity index (χ1) is 29.9. The highest BCUT2D eigenvalue weighted by Crippen LogP contribution is 2.55. The Morgan fingerprint density at radius 3 is 2.38 bits per heavy atom. The summed E-state index contributed by atoms with van der Waals surface area (Å²) < 4.78 is 39.6. The van der Waals surface area contributed by atoms with Gasteiger partial charge in [0.25, 0.3) is 11.5 Å². The van der Waals surface area contributed by atoms with Crippen molar-refractivity contribution in [2.75, 3.05) is 24.2 Å². The van der Waals surface area contributed by atoms with Crippen molar-refractivity contribution in [3.05, 3.63) is 124 Å². The molecule has 8 rings (SSSR count). The van der Waals surface area contributed by atoms with Gasteiger partial charge in [-0.05, 0) is 105 Å². The molecule has 0 bridgehead atoms. The van der Waals surface area contributed by atoms with Gasteiger partial charge < -0.3 is 29.2 Å². The van der Waals surface area contributed by atoms with Gasteiger partial charge in [0.1, 0.15) is 28.9 Å². The predicted molar refractivity (Wildman–Crippen MR) is 248 cm³/mol. The lowest BCUT2D eigenvalue weighted by atomic mass is 9.49. The van der Waals surface area contributed by atoms with Gasteiger partial charge in [0.05, 0.1) is 10.5 Å². The molecule has 330 valence electrons. The molecule has 1 aliphatic heterocycles. The number of anilines is 1. The van der Waals surface area contributed by atoms with E-state index in [9.17, 15) is 18.0 Å². The maximum absolute atomic E-state index is 13.5. The minimum atomic E-state index is -3.51. The Kier molecular flexibility index (Phi) is 12.0. The Morgan fingerprint density at radius 1 is 0.952 bits per heavy atom. The summed E-state index contributed by atoms with van der Waals surface area (Å²) in [5.74, 6) is 2.87. The molecule has 1 aliphatic carbocycles. The summed E-state index contributed by atoms with van der Waals surface area (Å²) in [6.07, 6.45) is 12.8. The summed E-state index contributed by atoms with van der Waals surface area (Å²) in [7, 11) is -1.84. The molecule has 0 spiro atoms. The largest absolute Gasteiger partial charge is 0.489 e. The summed E-state index contributed by atoms with van der Waals surface area (Å²) in [5, 5.41) is 4.60. The van der Waals surface area contributed by atoms with E-state index < -0.39 is 9.84 Å². The van der Waals surface area contributed by atoms with E-state index in [1.807, 2.05) is 49.4 Å². The monoisotopic (exact) mass is 890 g/mol. The van der Waals surface area contributed by atoms with Crippen LogP contribution in [0.2, 0.25) is 5.02 Å². The fourth-order valence-electron chi connectivity index (χ4n) is 9.83. The summed E-state index contributed by atoms with van der Waals surface area (Å²) in [6, 6.07) is 20.3. The van der Waals surface area contributed by atoms with Gasteiger partial charge in [-0.2, -0.15) is 0 Å². The fraction of sp³-hybridized carbons (Fsp3) is 0.388. The molecule has 2 N–H and O–H groups in total. The van der Waals surface area contributed by atoms with Crippen LogP contribution in [0.5, 0.6) is 17.2 Å². The highest BCUT2D eigenvalue weighted by atomic mass is 35.5. The Balaban J connectivity index is 0.835. The molecule has 1 saturated carbocycles. The Labute approximate surface area is 373 Å². The van der Waals surface area contributed by atoms with E-state index in [0.29, 0.717) is 56.0 Å². The van der Waals surface area contributed by atoms with Crippen LogP contribution >= 0.6 is 11.6 Å². The fourth-order valence-corrected chi connectivity index (χ4v) is 10.6. The van der Waals surface area contributed by atoms with E-state index >= 15 is 0 Å². The van der Waals surface area contributed by atoms with Crippen molar-refractivity contribution in [1.82, 2.24) is 24.8 Å². The number of aromatic amines is 1. The van der Waals surface area contributed by atoms with Crippen LogP contribution in [0.25, 0.3) is 22.0 Å². The van der Waals surface area contributed by atoms with Crippen molar-refractivity contribution >= 4 is 44.2 Å². The summed E-state index contributed by atoms with van der Waals surface area (Å²) >= 11 is 6.36. The zero-order valence-corrected chi connectivity index (χ0v) is 38.4. The van der Waals surface area contributed by atoms with Crippen LogP contribution in [0.4, 0.5) is 5.95 Å². The molecular formula is C49H55ClN6O6S. The van der Waals surface area contributed by atoms with Gasteiger partial charge in [-0.25, -0.2) is 18.4 Å². The van der Waals surface area contributed by atoms with Crippen molar-refractivity contribution in [2.24, 2.45) is 23.8 Å². The first kappa shape index (κ1) is 44.0. The van der Waals surface area contributed by atoms with E-state index in [0.717, 1.165) is 62.1 Å². The molecule has 4 heterocycles. The van der Waals surface area contributed by atoms with E-state index in [1.165, 1.54) is 10.8 Å². The van der Waals surface area contributed by atoms with E-state index in [-0.39, 0.29) is 39.3 Å². The number of pyridine rings is 1. The number of fused-ring (bicyclic) bond motifs is 1. The average molecular weight is 892 g/mol. The Morgan fingerprint density at radius 2 is 1.68 bits per heavy atom. The second-order valence-electron chi connectivity index (χ2n) is 18.5. The SMILES string of the molecule is Cc1ccc(OC2C(C)(C)C(NC(=O)c3cnc(N4CCC(CCCc5cccc(Oc6ccc(S(C)(=O)=O)cc6-c6cn(C)c(=O)c7[nH]ccc67)c5)CC4)nc3)C2(C)C)cc1Cl. The van der Waals surface area contributed by atoms with Gasteiger partial charge in [-0.1, -0.05) is 57.5 Å². The molecule has 63 heavy (non-hydrogen) atoms. The van der Waals surface area contributed by atoms with Crippen LogP contribution in [-0.2, 0) is 23.3 Å². The van der Waals surface area contributed by atoms with Gasteiger partial charge >= 0.3 is 0 Å². The third-order valence-electron chi connectivity index (χ3n) is 13.1. The highest BCUT2D eigenvalue weighted by Gasteiger charge is 2.64. The molecule has 14 heteroatoms. The van der Waals surface area contributed by atoms with Crippen molar-refractivity contribution in [1.29, 1.82) is 0 Å². The molecule has 3 aromatic carbocycles. The van der Waals surface area contributed by atoms with Crippen LogP contribution < -0.4 is 25.2 Å². The number of halogens is 1. The first-order valence-electron chi connectivity index (χ1n) is 21.5. The highest BCUT2D eigenvalue weighted by molar-refractivity contribution is 7.90. The predicted octanol–water partition coefficient (Wildman–Crippen LogP) is 9.33. The van der Waals surface area contributed by atoms with Crippen molar-refractivity contribution in [2.45, 2.75) is 83.8 Å². The van der Waals surface area contributed by atoms with Crippen LogP contribution in [0.1, 0.15) is 74.9 Å². The zero-order valence-electron chi connectivity index (χ0n) is 36.9. The summed E-state index contributed by atoms with van der Waals surface area (Å²) in [6.45, 7) is 12.1. The molecule has 6 aromatic rings. The Bertz CT molecular complexity index is 2830. The number of hydrogen-bond donors (Lipinski definition) is 2. The van der Waals surface area contributed by atoms with Gasteiger partial charge in [-0.15, -0.1) is 0 Å². The van der Waals surface area contributed by atoms with Crippen LogP contribution in [0, 0.1) is 23.7 Å². The van der Waals surface area contributed by atoms with Gasteiger partial charge in [-0.3, -0.25) is 9.59 Å². The normalized spacial score (nSPS) is 18.5. The smallest absolute Gasteiger partial charge is 0.274 e. The van der Waals surface area contributed by atoms with E-state index in [4.69, 9.17) is 21.1 Å². The molecule has 0 unspecified atom stereocenters. The minimum absolute atomic E-state index is 0.128. The number of piperidine rings is 1. The lowest BCUT2D eigenvalue weighted by Gasteiger charge is -2.63. The third kappa shape index (κ3) is 8.95. The number of hydrogen-bond acceptors (Lipinski definition) is 9. The number of aromatic nitrogens is 4. The lowest BCUT2D eigenvalue weighted by molar-refractivity contribution is -0.164. The maximum Gasteiger partial charge on any atom is 0.274 e. The molecule has 12 nitrogen and oxygen atoms in total. The molecule has 1 saturated heterocycles. The molecule has 2 aliphatic rings. The number of rotatable bonds is 13. The molecule has 0 atom stereocenters. The van der Waals surface area contributed by atoms with Gasteiger partial charge in [0.2, 0.25) is 5.95 Å². The molecule has 2 fully saturated rings. The number of nitrogens with zero attached hydrogens (tertiary/aromatic N) is 4. The maximum atomic E-state index is 13.5. The summed E-state index contributed by atoms with van der Waals surface area (Å²) in [4.78, 5) is 40.9. The number of nitrogens with one attached hydrogen (secondary N) is 2. The van der Waals surface area contributed by atoms with Crippen molar-refractivity contribution < 1.29 is 22.7 Å². The summed E-state index contributed by atoms with van der Waals surface area (Å²) in [5.41, 5.74) is 3.44. The second-order valence-corrected chi connectivity index (χ2v) is 20.9. The number of carbonyl (C=O) groups is 1. The zero-order chi connectivity index (χ0) is 44.8. The topological polar surface area (TPSA) is 149 Å². The minimum Gasteiger partial charge on any atom is -0.489 e. The number of aryl methyl sites for hydroxylation is 3. The lowest BCUT2D eigenvalue weighted by Crippen LogP contribution is -2.74. The standard InChI is InChI=1S/C49H55ClN6O6S/c1-30-14-15-35(25-40(30)50)62-46-48(2,3)45(49(46,4)5)54-43(57)33-27-52-47(53-28-33)56-22-19-31(20-23-56)10-8-11-32-12-9-13-34(24-32)61-41-17-16-36(63(7,59)60)26-38(41)39-29-55(6)44(58)42-37(39)18-21-51-42/h9,12-18,21,24-29,31,45-46,51H,8,10-11,19-20,22-23H2,1-7H3,(H,54,57). The third-order valence-corrected chi connectivity index (χ3v) is 14.6. The number of benzene rings is 3. The van der Waals surface area contributed by atoms with Crippen molar-refractivity contribution in [3.63, 3.8) is 0 Å². The number of H-pyrrole nitrogens is 1. The van der Waals surface area contributed by atoms with Gasteiger partial charge in [0, 0.05) is 89.6 Å². The molecule has 3 aromatic heterocycles. The Hall–Kier alpha value is -5.66. The molecule has 1 amide bonds. The van der Waals surface area contributed by atoms with E-state index in [2.05, 4.69) is 58.9 Å². The quantitative estimate of drug-likeness (QED) is 0.116. The molecular weight excluding hydrogens is 836 g/mol. The molecule has 0 radical (unpaired) electrons. The number of sulfone groups is 1. The number of ether oxygens (including phenoxy) is 2. The van der Waals surface area contributed by atoms with E-state index in [1.54, 1.807) is 50.0 Å².